The molecule has 19 heavy (non-hydrogen) atoms. The van der Waals surface area contributed by atoms with Gasteiger partial charge >= 0.3 is 0 Å². The first-order valence-corrected chi connectivity index (χ1v) is 6.77. The van der Waals surface area contributed by atoms with Gasteiger partial charge in [-0.2, -0.15) is 0 Å². The summed E-state index contributed by atoms with van der Waals surface area (Å²) in [6.45, 7) is 3.80. The van der Waals surface area contributed by atoms with Crippen molar-refractivity contribution >= 4 is 5.91 Å². The van der Waals surface area contributed by atoms with Gasteiger partial charge in [0.2, 0.25) is 5.91 Å². The number of nitrogens with zero attached hydrogens (tertiary/aromatic N) is 1. The molecule has 1 amide bonds. The number of amides is 1. The van der Waals surface area contributed by atoms with E-state index in [1.807, 2.05) is 18.0 Å². The summed E-state index contributed by atoms with van der Waals surface area (Å²) in [6, 6.07) is 6.91. The topological polar surface area (TPSA) is 52.6 Å². The Labute approximate surface area is 114 Å². The van der Waals surface area contributed by atoms with Gasteiger partial charge in [0.15, 0.2) is 0 Å². The summed E-state index contributed by atoms with van der Waals surface area (Å²) < 4.78 is 0. The fourth-order valence-electron chi connectivity index (χ4n) is 2.45. The average molecular weight is 262 g/mol. The Hall–Kier alpha value is -1.55. The SMILES string of the molecule is CNC1(C)CCN(C(=O)Cc2cccc(O)c2)CC1. The van der Waals surface area contributed by atoms with Crippen LogP contribution in [0.5, 0.6) is 5.75 Å². The highest BCUT2D eigenvalue weighted by atomic mass is 16.3. The lowest BCUT2D eigenvalue weighted by Gasteiger charge is -2.39. The van der Waals surface area contributed by atoms with E-state index in [4.69, 9.17) is 0 Å². The number of piperidine rings is 1. The highest BCUT2D eigenvalue weighted by Crippen LogP contribution is 2.22. The van der Waals surface area contributed by atoms with Crippen molar-refractivity contribution in [2.45, 2.75) is 31.7 Å². The van der Waals surface area contributed by atoms with E-state index in [0.29, 0.717) is 6.42 Å². The number of rotatable bonds is 3. The molecule has 0 aromatic heterocycles. The van der Waals surface area contributed by atoms with Gasteiger partial charge in [0.25, 0.3) is 0 Å². The molecule has 1 saturated heterocycles. The number of carbonyl (C=O) groups excluding carboxylic acids is 1. The number of hydrogen-bond donors (Lipinski definition) is 2. The fraction of sp³-hybridized carbons (Fsp3) is 0.533. The molecule has 0 aliphatic carbocycles. The molecule has 1 aromatic carbocycles. The van der Waals surface area contributed by atoms with Crippen molar-refractivity contribution in [3.63, 3.8) is 0 Å². The average Bonchev–Trinajstić information content (AvgIpc) is 2.39. The van der Waals surface area contributed by atoms with Crippen molar-refractivity contribution in [1.29, 1.82) is 0 Å². The van der Waals surface area contributed by atoms with E-state index in [-0.39, 0.29) is 17.2 Å². The minimum Gasteiger partial charge on any atom is -0.508 e. The standard InChI is InChI=1S/C15H22N2O2/c1-15(16-2)6-8-17(9-7-15)14(19)11-12-4-3-5-13(18)10-12/h3-5,10,16,18H,6-9,11H2,1-2H3. The third-order valence-electron chi connectivity index (χ3n) is 4.09. The Bertz CT molecular complexity index is 451. The lowest BCUT2D eigenvalue weighted by Crippen LogP contribution is -2.51. The zero-order valence-corrected chi connectivity index (χ0v) is 11.6. The summed E-state index contributed by atoms with van der Waals surface area (Å²) >= 11 is 0. The molecule has 0 spiro atoms. The largest absolute Gasteiger partial charge is 0.508 e. The number of carbonyl (C=O) groups is 1. The van der Waals surface area contributed by atoms with Gasteiger partial charge in [-0.05, 0) is 44.5 Å². The van der Waals surface area contributed by atoms with Crippen LogP contribution in [-0.2, 0) is 11.2 Å². The fourth-order valence-corrected chi connectivity index (χ4v) is 2.45. The maximum Gasteiger partial charge on any atom is 0.226 e. The number of phenolic OH excluding ortho intramolecular Hbond substituents is 1. The van der Waals surface area contributed by atoms with Gasteiger partial charge in [0.1, 0.15) is 5.75 Å². The second kappa shape index (κ2) is 5.61. The van der Waals surface area contributed by atoms with E-state index in [0.717, 1.165) is 31.5 Å². The first-order valence-electron chi connectivity index (χ1n) is 6.77. The van der Waals surface area contributed by atoms with E-state index >= 15 is 0 Å². The number of benzene rings is 1. The third-order valence-corrected chi connectivity index (χ3v) is 4.09. The van der Waals surface area contributed by atoms with Crippen LogP contribution < -0.4 is 5.32 Å². The van der Waals surface area contributed by atoms with Gasteiger partial charge in [0, 0.05) is 18.6 Å². The van der Waals surface area contributed by atoms with E-state index in [9.17, 15) is 9.90 Å². The van der Waals surface area contributed by atoms with E-state index in [1.165, 1.54) is 0 Å². The van der Waals surface area contributed by atoms with Crippen molar-refractivity contribution in [1.82, 2.24) is 10.2 Å². The predicted octanol–water partition coefficient (Wildman–Crippen LogP) is 1.54. The van der Waals surface area contributed by atoms with Crippen LogP contribution in [-0.4, -0.2) is 41.6 Å². The van der Waals surface area contributed by atoms with Gasteiger partial charge in [0.05, 0.1) is 6.42 Å². The molecular weight excluding hydrogens is 240 g/mol. The summed E-state index contributed by atoms with van der Waals surface area (Å²) in [5.74, 6) is 0.357. The Morgan fingerprint density at radius 1 is 1.42 bits per heavy atom. The molecule has 2 N–H and O–H groups in total. The number of likely N-dealkylation sites (tertiary alicyclic amines) is 1. The zero-order chi connectivity index (χ0) is 13.9. The molecule has 0 radical (unpaired) electrons. The summed E-state index contributed by atoms with van der Waals surface area (Å²) in [4.78, 5) is 14.1. The second-order valence-electron chi connectivity index (χ2n) is 5.54. The number of hydrogen-bond acceptors (Lipinski definition) is 3. The molecule has 104 valence electrons. The molecular formula is C15H22N2O2. The normalized spacial score (nSPS) is 18.3. The zero-order valence-electron chi connectivity index (χ0n) is 11.6. The Morgan fingerprint density at radius 2 is 2.11 bits per heavy atom. The summed E-state index contributed by atoms with van der Waals surface area (Å²) in [5.41, 5.74) is 1.02. The van der Waals surface area contributed by atoms with E-state index < -0.39 is 0 Å². The highest BCUT2D eigenvalue weighted by Gasteiger charge is 2.30. The molecule has 0 saturated carbocycles. The van der Waals surface area contributed by atoms with Crippen LogP contribution in [0.25, 0.3) is 0 Å². The van der Waals surface area contributed by atoms with Crippen LogP contribution in [0.4, 0.5) is 0 Å². The summed E-state index contributed by atoms with van der Waals surface area (Å²) in [6.07, 6.45) is 2.33. The van der Waals surface area contributed by atoms with Crippen LogP contribution in [0.15, 0.2) is 24.3 Å². The van der Waals surface area contributed by atoms with Crippen molar-refractivity contribution in [3.8, 4) is 5.75 Å². The molecule has 1 heterocycles. The first kappa shape index (κ1) is 13.9. The number of phenols is 1. The van der Waals surface area contributed by atoms with Crippen molar-refractivity contribution in [2.75, 3.05) is 20.1 Å². The highest BCUT2D eigenvalue weighted by molar-refractivity contribution is 5.79. The smallest absolute Gasteiger partial charge is 0.226 e. The summed E-state index contributed by atoms with van der Waals surface area (Å²) in [5, 5.41) is 12.7. The molecule has 4 heteroatoms. The Morgan fingerprint density at radius 3 is 2.68 bits per heavy atom. The molecule has 1 aliphatic heterocycles. The molecule has 0 bridgehead atoms. The first-order chi connectivity index (χ1) is 9.02. The minimum atomic E-state index is 0.142. The molecule has 1 aliphatic rings. The maximum atomic E-state index is 12.2. The lowest BCUT2D eigenvalue weighted by molar-refractivity contribution is -0.132. The summed E-state index contributed by atoms with van der Waals surface area (Å²) in [7, 11) is 1.98. The van der Waals surface area contributed by atoms with Crippen molar-refractivity contribution in [2.24, 2.45) is 0 Å². The van der Waals surface area contributed by atoms with Crippen molar-refractivity contribution in [3.05, 3.63) is 29.8 Å². The predicted molar refractivity (Wildman–Crippen MR) is 75.1 cm³/mol. The molecule has 1 aromatic rings. The van der Waals surface area contributed by atoms with Gasteiger partial charge < -0.3 is 15.3 Å². The van der Waals surface area contributed by atoms with E-state index in [1.54, 1.807) is 18.2 Å². The van der Waals surface area contributed by atoms with Gasteiger partial charge in [-0.1, -0.05) is 12.1 Å². The van der Waals surface area contributed by atoms with Crippen LogP contribution in [0.1, 0.15) is 25.3 Å². The quantitative estimate of drug-likeness (QED) is 0.868. The number of aromatic hydroxyl groups is 1. The van der Waals surface area contributed by atoms with Crippen LogP contribution in [0.3, 0.4) is 0 Å². The maximum absolute atomic E-state index is 12.2. The van der Waals surface area contributed by atoms with Crippen LogP contribution in [0, 0.1) is 0 Å². The van der Waals surface area contributed by atoms with Crippen molar-refractivity contribution < 1.29 is 9.90 Å². The third kappa shape index (κ3) is 3.47. The molecule has 0 unspecified atom stereocenters. The minimum absolute atomic E-state index is 0.142. The van der Waals surface area contributed by atoms with Gasteiger partial charge in [-0.15, -0.1) is 0 Å². The monoisotopic (exact) mass is 262 g/mol. The molecule has 2 rings (SSSR count). The Balaban J connectivity index is 1.92. The van der Waals surface area contributed by atoms with Crippen LogP contribution >= 0.6 is 0 Å². The van der Waals surface area contributed by atoms with E-state index in [2.05, 4.69) is 12.2 Å². The second-order valence-corrected chi connectivity index (χ2v) is 5.54. The Kier molecular flexibility index (Phi) is 4.10. The van der Waals surface area contributed by atoms with Gasteiger partial charge in [-0.3, -0.25) is 4.79 Å². The lowest BCUT2D eigenvalue weighted by atomic mass is 9.89. The number of nitrogens with one attached hydrogen (secondary N) is 1. The molecule has 1 fully saturated rings. The molecule has 4 nitrogen and oxygen atoms in total. The van der Waals surface area contributed by atoms with Crippen LogP contribution in [0.2, 0.25) is 0 Å². The van der Waals surface area contributed by atoms with Gasteiger partial charge in [-0.25, -0.2) is 0 Å². The molecule has 0 atom stereocenters.